The van der Waals surface area contributed by atoms with E-state index in [4.69, 9.17) is 9.15 Å². The van der Waals surface area contributed by atoms with Gasteiger partial charge in [0, 0.05) is 25.3 Å². The molecule has 0 aliphatic rings. The maximum atomic E-state index is 11.4. The van der Waals surface area contributed by atoms with Crippen molar-refractivity contribution in [2.75, 3.05) is 26.9 Å². The van der Waals surface area contributed by atoms with Crippen molar-refractivity contribution in [3.8, 4) is 0 Å². The second-order valence-electron chi connectivity index (χ2n) is 4.74. The van der Waals surface area contributed by atoms with Crippen molar-refractivity contribution in [3.63, 3.8) is 0 Å². The average molecular weight is 269 g/mol. The summed E-state index contributed by atoms with van der Waals surface area (Å²) in [5, 5.41) is 3.20. The van der Waals surface area contributed by atoms with Gasteiger partial charge in [-0.3, -0.25) is 0 Å². The molecule has 5 heteroatoms. The monoisotopic (exact) mass is 269 g/mol. The molecule has 0 atom stereocenters. The standard InChI is InChI=1S/C14H23NO4/c1-11(2)4-7-18-9-6-15-10-12-5-8-19-13(12)14(16)17-3/h5,8,11,15H,4,6-7,9-10H2,1-3H3. The summed E-state index contributed by atoms with van der Waals surface area (Å²) in [6, 6.07) is 1.76. The van der Waals surface area contributed by atoms with Crippen LogP contribution in [-0.2, 0) is 16.0 Å². The third-order valence-corrected chi connectivity index (χ3v) is 2.70. The molecule has 1 N–H and O–H groups in total. The van der Waals surface area contributed by atoms with Gasteiger partial charge in [0.05, 0.1) is 20.0 Å². The predicted molar refractivity (Wildman–Crippen MR) is 72.0 cm³/mol. The quantitative estimate of drug-likeness (QED) is 0.550. The van der Waals surface area contributed by atoms with Crippen LogP contribution >= 0.6 is 0 Å². The summed E-state index contributed by atoms with van der Waals surface area (Å²) < 4.78 is 15.2. The van der Waals surface area contributed by atoms with E-state index in [1.54, 1.807) is 6.07 Å². The second kappa shape index (κ2) is 8.72. The first-order valence-corrected chi connectivity index (χ1v) is 6.58. The molecule has 0 spiro atoms. The molecule has 0 amide bonds. The molecule has 0 radical (unpaired) electrons. The summed E-state index contributed by atoms with van der Waals surface area (Å²) >= 11 is 0. The summed E-state index contributed by atoms with van der Waals surface area (Å²) in [6.45, 7) is 7.11. The maximum Gasteiger partial charge on any atom is 0.374 e. The van der Waals surface area contributed by atoms with Crippen molar-refractivity contribution < 1.29 is 18.7 Å². The van der Waals surface area contributed by atoms with Crippen molar-refractivity contribution in [2.45, 2.75) is 26.8 Å². The van der Waals surface area contributed by atoms with Gasteiger partial charge in [-0.1, -0.05) is 13.8 Å². The normalized spacial score (nSPS) is 10.9. The third-order valence-electron chi connectivity index (χ3n) is 2.70. The zero-order chi connectivity index (χ0) is 14.1. The van der Waals surface area contributed by atoms with Gasteiger partial charge in [-0.2, -0.15) is 0 Å². The molecule has 1 heterocycles. The van der Waals surface area contributed by atoms with Crippen LogP contribution in [0, 0.1) is 5.92 Å². The molecule has 19 heavy (non-hydrogen) atoms. The van der Waals surface area contributed by atoms with Crippen LogP contribution in [0.15, 0.2) is 16.7 Å². The highest BCUT2D eigenvalue weighted by atomic mass is 16.5. The van der Waals surface area contributed by atoms with Crippen LogP contribution in [0.3, 0.4) is 0 Å². The van der Waals surface area contributed by atoms with Gasteiger partial charge in [0.2, 0.25) is 5.76 Å². The van der Waals surface area contributed by atoms with Crippen LogP contribution < -0.4 is 5.32 Å². The van der Waals surface area contributed by atoms with Crippen LogP contribution in [0.1, 0.15) is 36.4 Å². The Bertz CT molecular complexity index is 373. The van der Waals surface area contributed by atoms with E-state index in [1.807, 2.05) is 0 Å². The molecule has 0 saturated heterocycles. The Balaban J connectivity index is 2.16. The van der Waals surface area contributed by atoms with E-state index in [9.17, 15) is 4.79 Å². The Kier molecular flexibility index (Phi) is 7.22. The van der Waals surface area contributed by atoms with Crippen molar-refractivity contribution in [1.29, 1.82) is 0 Å². The Morgan fingerprint density at radius 2 is 2.21 bits per heavy atom. The molecule has 5 nitrogen and oxygen atoms in total. The van der Waals surface area contributed by atoms with Gasteiger partial charge in [0.1, 0.15) is 0 Å². The summed E-state index contributed by atoms with van der Waals surface area (Å²) in [6.07, 6.45) is 2.57. The Labute approximate surface area is 114 Å². The lowest BCUT2D eigenvalue weighted by molar-refractivity contribution is 0.0563. The fourth-order valence-electron chi connectivity index (χ4n) is 1.54. The molecule has 0 aliphatic carbocycles. The molecule has 0 bridgehead atoms. The number of ether oxygens (including phenoxy) is 2. The molecule has 0 unspecified atom stereocenters. The van der Waals surface area contributed by atoms with Crippen molar-refractivity contribution in [2.24, 2.45) is 5.92 Å². The molecule has 0 fully saturated rings. The number of furan rings is 1. The lowest BCUT2D eigenvalue weighted by atomic mass is 10.1. The summed E-state index contributed by atoms with van der Waals surface area (Å²) in [4.78, 5) is 11.4. The van der Waals surface area contributed by atoms with E-state index in [-0.39, 0.29) is 5.76 Å². The number of carbonyl (C=O) groups is 1. The molecular weight excluding hydrogens is 246 g/mol. The molecule has 0 aliphatic heterocycles. The van der Waals surface area contributed by atoms with Gasteiger partial charge in [-0.15, -0.1) is 0 Å². The van der Waals surface area contributed by atoms with Gasteiger partial charge in [-0.05, 0) is 18.4 Å². The second-order valence-corrected chi connectivity index (χ2v) is 4.74. The van der Waals surface area contributed by atoms with Gasteiger partial charge >= 0.3 is 5.97 Å². The van der Waals surface area contributed by atoms with Gasteiger partial charge < -0.3 is 19.2 Å². The van der Waals surface area contributed by atoms with E-state index in [0.29, 0.717) is 19.1 Å². The molecule has 1 aromatic rings. The van der Waals surface area contributed by atoms with Crippen LogP contribution in [0.2, 0.25) is 0 Å². The van der Waals surface area contributed by atoms with Crippen molar-refractivity contribution >= 4 is 5.97 Å². The number of hydrogen-bond acceptors (Lipinski definition) is 5. The lowest BCUT2D eigenvalue weighted by Gasteiger charge is -2.07. The van der Waals surface area contributed by atoms with Crippen LogP contribution in [0.5, 0.6) is 0 Å². The minimum Gasteiger partial charge on any atom is -0.463 e. The fraction of sp³-hybridized carbons (Fsp3) is 0.643. The largest absolute Gasteiger partial charge is 0.463 e. The highest BCUT2D eigenvalue weighted by Crippen LogP contribution is 2.11. The molecule has 108 valence electrons. The summed E-state index contributed by atoms with van der Waals surface area (Å²) in [5.74, 6) is 0.479. The summed E-state index contributed by atoms with van der Waals surface area (Å²) in [5.41, 5.74) is 0.800. The van der Waals surface area contributed by atoms with Crippen LogP contribution in [0.25, 0.3) is 0 Å². The van der Waals surface area contributed by atoms with E-state index in [0.717, 1.165) is 25.1 Å². The number of nitrogens with one attached hydrogen (secondary N) is 1. The third kappa shape index (κ3) is 5.89. The van der Waals surface area contributed by atoms with E-state index in [1.165, 1.54) is 13.4 Å². The number of hydrogen-bond donors (Lipinski definition) is 1. The molecular formula is C14H23NO4. The Morgan fingerprint density at radius 3 is 2.89 bits per heavy atom. The zero-order valence-electron chi connectivity index (χ0n) is 11.9. The zero-order valence-corrected chi connectivity index (χ0v) is 11.9. The van der Waals surface area contributed by atoms with Crippen molar-refractivity contribution in [3.05, 3.63) is 23.7 Å². The number of esters is 1. The summed E-state index contributed by atoms with van der Waals surface area (Å²) in [7, 11) is 1.34. The minimum absolute atomic E-state index is 0.260. The van der Waals surface area contributed by atoms with E-state index in [2.05, 4.69) is 23.9 Å². The van der Waals surface area contributed by atoms with Gasteiger partial charge in [0.25, 0.3) is 0 Å². The predicted octanol–water partition coefficient (Wildman–Crippen LogP) is 2.22. The first-order valence-electron chi connectivity index (χ1n) is 6.58. The first kappa shape index (κ1) is 15.7. The van der Waals surface area contributed by atoms with Gasteiger partial charge in [0.15, 0.2) is 0 Å². The highest BCUT2D eigenvalue weighted by Gasteiger charge is 2.14. The van der Waals surface area contributed by atoms with E-state index < -0.39 is 5.97 Å². The number of rotatable bonds is 9. The Morgan fingerprint density at radius 1 is 1.42 bits per heavy atom. The molecule has 1 rings (SSSR count). The molecule has 0 aromatic carbocycles. The Hall–Kier alpha value is -1.33. The van der Waals surface area contributed by atoms with Gasteiger partial charge in [-0.25, -0.2) is 4.79 Å². The topological polar surface area (TPSA) is 60.7 Å². The maximum absolute atomic E-state index is 11.4. The number of methoxy groups -OCH3 is 1. The van der Waals surface area contributed by atoms with E-state index >= 15 is 0 Å². The lowest BCUT2D eigenvalue weighted by Crippen LogP contribution is -2.20. The fourth-order valence-corrected chi connectivity index (χ4v) is 1.54. The number of carbonyl (C=O) groups excluding carboxylic acids is 1. The molecule has 0 saturated carbocycles. The average Bonchev–Trinajstić information content (AvgIpc) is 2.84. The first-order chi connectivity index (χ1) is 9.15. The minimum atomic E-state index is -0.449. The van der Waals surface area contributed by atoms with Crippen LogP contribution in [0.4, 0.5) is 0 Å². The highest BCUT2D eigenvalue weighted by molar-refractivity contribution is 5.87. The SMILES string of the molecule is COC(=O)c1occc1CNCCOCCC(C)C. The van der Waals surface area contributed by atoms with Crippen LogP contribution in [-0.4, -0.2) is 32.8 Å². The smallest absolute Gasteiger partial charge is 0.374 e. The van der Waals surface area contributed by atoms with Crippen molar-refractivity contribution in [1.82, 2.24) is 5.32 Å². The molecule has 1 aromatic heterocycles.